The molecule has 0 saturated carbocycles. The topological polar surface area (TPSA) is 55.1 Å². The van der Waals surface area contributed by atoms with Gasteiger partial charge >= 0.3 is 0 Å². The summed E-state index contributed by atoms with van der Waals surface area (Å²) in [4.78, 5) is 11.2. The average Bonchev–Trinajstić information content (AvgIpc) is 2.98. The van der Waals surface area contributed by atoms with Crippen molar-refractivity contribution < 1.29 is 8.91 Å². The van der Waals surface area contributed by atoms with Gasteiger partial charge in [0.2, 0.25) is 5.95 Å². The van der Waals surface area contributed by atoms with Crippen molar-refractivity contribution in [3.05, 3.63) is 58.8 Å². The van der Waals surface area contributed by atoms with Gasteiger partial charge in [0.05, 0.1) is 6.54 Å². The highest BCUT2D eigenvalue weighted by molar-refractivity contribution is 5.63. The first-order chi connectivity index (χ1) is 11.6. The van der Waals surface area contributed by atoms with Gasteiger partial charge in [-0.1, -0.05) is 5.16 Å². The van der Waals surface area contributed by atoms with Crippen molar-refractivity contribution >= 4 is 5.95 Å². The molecule has 1 aliphatic heterocycles. The lowest BCUT2D eigenvalue weighted by atomic mass is 10.0. The van der Waals surface area contributed by atoms with Crippen molar-refractivity contribution in [1.29, 1.82) is 0 Å². The molecular weight excluding hydrogens is 307 g/mol. The molecule has 0 saturated heterocycles. The Bertz CT molecular complexity index is 868. The number of anilines is 1. The maximum atomic E-state index is 13.1. The summed E-state index contributed by atoms with van der Waals surface area (Å²) in [6.07, 6.45) is 0.794. The minimum atomic E-state index is -0.259. The Labute approximate surface area is 139 Å². The Hall–Kier alpha value is -2.76. The quantitative estimate of drug-likeness (QED) is 0.722. The van der Waals surface area contributed by atoms with Crippen LogP contribution in [0.4, 0.5) is 10.3 Å². The fourth-order valence-electron chi connectivity index (χ4n) is 3.08. The highest BCUT2D eigenvalue weighted by Crippen LogP contribution is 2.31. The second-order valence-electron chi connectivity index (χ2n) is 6.07. The van der Waals surface area contributed by atoms with Crippen LogP contribution in [0.1, 0.15) is 22.6 Å². The summed E-state index contributed by atoms with van der Waals surface area (Å²) in [5, 5.41) is 4.21. The van der Waals surface area contributed by atoms with Gasteiger partial charge in [0.25, 0.3) is 0 Å². The molecule has 24 heavy (non-hydrogen) atoms. The molecule has 0 radical (unpaired) electrons. The first-order valence-corrected chi connectivity index (χ1v) is 7.91. The zero-order valence-electron chi connectivity index (χ0n) is 13.6. The van der Waals surface area contributed by atoms with E-state index in [1.165, 1.54) is 12.1 Å². The zero-order chi connectivity index (χ0) is 16.7. The van der Waals surface area contributed by atoms with Gasteiger partial charge in [-0.15, -0.1) is 0 Å². The van der Waals surface area contributed by atoms with Crippen molar-refractivity contribution in [2.24, 2.45) is 0 Å². The van der Waals surface area contributed by atoms with Crippen molar-refractivity contribution in [1.82, 2.24) is 15.1 Å². The summed E-state index contributed by atoms with van der Waals surface area (Å²) in [5.74, 6) is 1.20. The molecule has 5 nitrogen and oxygen atoms in total. The minimum absolute atomic E-state index is 0.259. The summed E-state index contributed by atoms with van der Waals surface area (Å²) in [7, 11) is 0. The first kappa shape index (κ1) is 14.8. The number of fused-ring (bicyclic) bond motifs is 1. The van der Waals surface area contributed by atoms with Crippen molar-refractivity contribution in [2.75, 3.05) is 11.4 Å². The Kier molecular flexibility index (Phi) is 3.52. The highest BCUT2D eigenvalue weighted by Gasteiger charge is 2.26. The van der Waals surface area contributed by atoms with E-state index >= 15 is 0 Å². The molecule has 0 amide bonds. The van der Waals surface area contributed by atoms with Crippen LogP contribution in [-0.4, -0.2) is 21.7 Å². The number of rotatable bonds is 2. The second-order valence-corrected chi connectivity index (χ2v) is 6.07. The predicted octanol–water partition coefficient (Wildman–Crippen LogP) is 3.45. The maximum absolute atomic E-state index is 13.1. The molecule has 0 N–H and O–H groups in total. The van der Waals surface area contributed by atoms with Crippen molar-refractivity contribution in [3.63, 3.8) is 0 Å². The van der Waals surface area contributed by atoms with E-state index < -0.39 is 0 Å². The van der Waals surface area contributed by atoms with Gasteiger partial charge in [0, 0.05) is 29.1 Å². The van der Waals surface area contributed by atoms with Crippen LogP contribution in [0.2, 0.25) is 0 Å². The molecule has 0 unspecified atom stereocenters. The third kappa shape index (κ3) is 2.64. The molecule has 0 bridgehead atoms. The van der Waals surface area contributed by atoms with Crippen LogP contribution in [0.15, 0.2) is 34.9 Å². The molecule has 3 heterocycles. The number of benzene rings is 1. The van der Waals surface area contributed by atoms with E-state index in [0.29, 0.717) is 6.54 Å². The van der Waals surface area contributed by atoms with Gasteiger partial charge in [-0.25, -0.2) is 14.4 Å². The Morgan fingerprint density at radius 2 is 1.79 bits per heavy atom. The number of hydrogen-bond acceptors (Lipinski definition) is 5. The van der Waals surface area contributed by atoms with E-state index in [1.54, 1.807) is 12.1 Å². The third-order valence-electron chi connectivity index (χ3n) is 4.20. The first-order valence-electron chi connectivity index (χ1n) is 7.91. The lowest BCUT2D eigenvalue weighted by molar-refractivity contribution is 0.423. The van der Waals surface area contributed by atoms with Crippen LogP contribution in [0.3, 0.4) is 0 Å². The number of halogens is 1. The predicted molar refractivity (Wildman–Crippen MR) is 88.2 cm³/mol. The van der Waals surface area contributed by atoms with E-state index in [-0.39, 0.29) is 5.82 Å². The van der Waals surface area contributed by atoms with E-state index in [4.69, 9.17) is 4.52 Å². The van der Waals surface area contributed by atoms with Crippen LogP contribution < -0.4 is 4.90 Å². The molecule has 3 aromatic rings. The molecule has 6 heteroatoms. The van der Waals surface area contributed by atoms with Crippen LogP contribution >= 0.6 is 0 Å². The summed E-state index contributed by atoms with van der Waals surface area (Å²) in [6, 6.07) is 8.26. The van der Waals surface area contributed by atoms with Gasteiger partial charge in [0.1, 0.15) is 11.5 Å². The van der Waals surface area contributed by atoms with Crippen LogP contribution in [0, 0.1) is 19.7 Å². The van der Waals surface area contributed by atoms with Gasteiger partial charge in [-0.05, 0) is 50.6 Å². The lowest BCUT2D eigenvalue weighted by Gasteiger charge is -2.26. The zero-order valence-corrected chi connectivity index (χ0v) is 13.6. The van der Waals surface area contributed by atoms with Crippen LogP contribution in [0.25, 0.3) is 11.3 Å². The molecule has 1 aromatic carbocycles. The molecule has 1 aliphatic rings. The molecule has 0 fully saturated rings. The fraction of sp³-hybridized carbons (Fsp3) is 0.278. The Morgan fingerprint density at radius 1 is 1.08 bits per heavy atom. The lowest BCUT2D eigenvalue weighted by Crippen LogP contribution is -2.32. The van der Waals surface area contributed by atoms with Gasteiger partial charge in [-0.3, -0.25) is 0 Å². The smallest absolute Gasteiger partial charge is 0.226 e. The van der Waals surface area contributed by atoms with Crippen molar-refractivity contribution in [3.8, 4) is 11.3 Å². The summed E-state index contributed by atoms with van der Waals surface area (Å²) in [6.45, 7) is 5.35. The Balaban J connectivity index is 1.64. The number of hydrogen-bond donors (Lipinski definition) is 0. The normalized spacial score (nSPS) is 13.9. The van der Waals surface area contributed by atoms with E-state index in [1.807, 2.05) is 19.9 Å². The fourth-order valence-corrected chi connectivity index (χ4v) is 3.08. The van der Waals surface area contributed by atoms with Gasteiger partial charge in [0.15, 0.2) is 5.76 Å². The minimum Gasteiger partial charge on any atom is -0.356 e. The molecule has 2 aromatic heterocycles. The van der Waals surface area contributed by atoms with Gasteiger partial charge < -0.3 is 9.42 Å². The van der Waals surface area contributed by atoms with Gasteiger partial charge in [-0.2, -0.15) is 0 Å². The average molecular weight is 324 g/mol. The summed E-state index contributed by atoms with van der Waals surface area (Å²) < 4.78 is 18.6. The Morgan fingerprint density at radius 3 is 2.50 bits per heavy atom. The molecule has 0 aliphatic carbocycles. The van der Waals surface area contributed by atoms with E-state index in [0.717, 1.165) is 52.9 Å². The number of aryl methyl sites for hydroxylation is 2. The second kappa shape index (κ2) is 5.70. The van der Waals surface area contributed by atoms with Crippen molar-refractivity contribution in [2.45, 2.75) is 26.8 Å². The SMILES string of the molecule is Cc1cc(C)nc(N2CCc3c(noc3-c3ccc(F)cc3)C2)n1. The highest BCUT2D eigenvalue weighted by atomic mass is 19.1. The largest absolute Gasteiger partial charge is 0.356 e. The molecule has 0 atom stereocenters. The van der Waals surface area contributed by atoms with E-state index in [9.17, 15) is 4.39 Å². The molecule has 122 valence electrons. The van der Waals surface area contributed by atoms with E-state index in [2.05, 4.69) is 20.0 Å². The van der Waals surface area contributed by atoms with Crippen LogP contribution in [0.5, 0.6) is 0 Å². The molecule has 4 rings (SSSR count). The monoisotopic (exact) mass is 324 g/mol. The summed E-state index contributed by atoms with van der Waals surface area (Å²) >= 11 is 0. The number of nitrogens with zero attached hydrogens (tertiary/aromatic N) is 4. The number of aromatic nitrogens is 3. The van der Waals surface area contributed by atoms with Crippen LogP contribution in [-0.2, 0) is 13.0 Å². The maximum Gasteiger partial charge on any atom is 0.226 e. The standard InChI is InChI=1S/C18H17FN4O/c1-11-9-12(2)21-18(20-11)23-8-7-15-16(10-23)22-24-17(15)13-3-5-14(19)6-4-13/h3-6,9H,7-8,10H2,1-2H3. The third-order valence-corrected chi connectivity index (χ3v) is 4.20. The molecule has 0 spiro atoms. The molecular formula is C18H17FN4O. The summed E-state index contributed by atoms with van der Waals surface area (Å²) in [5.41, 5.74) is 4.73.